The Hall–Kier alpha value is -2.04. The van der Waals surface area contributed by atoms with E-state index in [9.17, 15) is 4.79 Å². The Labute approximate surface area is 173 Å². The lowest BCUT2D eigenvalue weighted by Crippen LogP contribution is -2.56. The highest BCUT2D eigenvalue weighted by Gasteiger charge is 2.51. The van der Waals surface area contributed by atoms with E-state index in [4.69, 9.17) is 0 Å². The van der Waals surface area contributed by atoms with E-state index in [0.717, 1.165) is 31.6 Å². The van der Waals surface area contributed by atoms with Crippen molar-refractivity contribution >= 4 is 24.0 Å². The first kappa shape index (κ1) is 19.3. The Bertz CT molecular complexity index is 861. The van der Waals surface area contributed by atoms with E-state index >= 15 is 0 Å². The zero-order valence-electron chi connectivity index (χ0n) is 16.4. The largest absolute Gasteiger partial charge is 0.339 e. The summed E-state index contributed by atoms with van der Waals surface area (Å²) >= 11 is 0. The molecule has 2 aliphatic heterocycles. The van der Waals surface area contributed by atoms with Crippen LogP contribution in [0.5, 0.6) is 0 Å². The molecule has 2 aromatic carbocycles. The molecule has 5 rings (SSSR count). The molecule has 5 heteroatoms. The molecule has 1 N–H and O–H groups in total. The summed E-state index contributed by atoms with van der Waals surface area (Å²) in [6, 6.07) is 17.6. The highest BCUT2D eigenvalue weighted by atomic mass is 35.5. The number of carbonyl (C=O) groups is 1. The van der Waals surface area contributed by atoms with Gasteiger partial charge >= 0.3 is 0 Å². The molecule has 2 saturated heterocycles. The fourth-order valence-electron chi connectivity index (χ4n) is 5.43. The molecule has 0 radical (unpaired) electrons. The fourth-order valence-corrected chi connectivity index (χ4v) is 5.43. The molecule has 3 aliphatic rings. The lowest BCUT2D eigenvalue weighted by atomic mass is 9.84. The van der Waals surface area contributed by atoms with Gasteiger partial charge in [0, 0.05) is 24.8 Å². The van der Waals surface area contributed by atoms with Gasteiger partial charge in [-0.3, -0.25) is 9.69 Å². The first-order valence-electron chi connectivity index (χ1n) is 10.1. The van der Waals surface area contributed by atoms with Crippen molar-refractivity contribution in [3.8, 4) is 0 Å². The lowest BCUT2D eigenvalue weighted by Gasteiger charge is -2.45. The molecule has 28 heavy (non-hydrogen) atoms. The number of benzene rings is 2. The van der Waals surface area contributed by atoms with E-state index < -0.39 is 0 Å². The van der Waals surface area contributed by atoms with Crippen LogP contribution in [0.4, 0.5) is 5.69 Å². The number of hydrogen-bond donors (Lipinski definition) is 1. The van der Waals surface area contributed by atoms with Crippen molar-refractivity contribution in [2.24, 2.45) is 0 Å². The number of amides is 1. The van der Waals surface area contributed by atoms with Crippen LogP contribution in [-0.2, 0) is 11.2 Å². The standard InChI is InChI=1S/C23H27N3O.ClH/c1-17-6-5-9-20-19(17)10-11-21(20)25-14-12-23(13-15-25)22(27)24-16-26(23)18-7-3-2-4-8-18;/h2-9,21H,10-16H2,1H3,(H,24,27);1H. The van der Waals surface area contributed by atoms with Gasteiger partial charge < -0.3 is 10.2 Å². The molecular weight excluding hydrogens is 370 g/mol. The summed E-state index contributed by atoms with van der Waals surface area (Å²) in [5.41, 5.74) is 5.25. The topological polar surface area (TPSA) is 35.6 Å². The molecule has 0 saturated carbocycles. The summed E-state index contributed by atoms with van der Waals surface area (Å²) in [6.07, 6.45) is 4.18. The van der Waals surface area contributed by atoms with Crippen molar-refractivity contribution in [1.82, 2.24) is 10.2 Å². The number of aryl methyl sites for hydroxylation is 1. The zero-order valence-corrected chi connectivity index (χ0v) is 17.2. The van der Waals surface area contributed by atoms with Gasteiger partial charge in [0.15, 0.2) is 0 Å². The molecule has 2 fully saturated rings. The molecule has 1 unspecified atom stereocenters. The molecule has 1 spiro atoms. The first-order chi connectivity index (χ1) is 13.2. The number of likely N-dealkylation sites (tertiary alicyclic amines) is 1. The number of nitrogens with one attached hydrogen (secondary N) is 1. The zero-order chi connectivity index (χ0) is 18.4. The second-order valence-electron chi connectivity index (χ2n) is 8.19. The summed E-state index contributed by atoms with van der Waals surface area (Å²) in [6.45, 7) is 4.81. The summed E-state index contributed by atoms with van der Waals surface area (Å²) in [5, 5.41) is 3.10. The van der Waals surface area contributed by atoms with E-state index in [1.54, 1.807) is 5.56 Å². The molecule has 1 atom stereocenters. The Morgan fingerprint density at radius 2 is 1.79 bits per heavy atom. The van der Waals surface area contributed by atoms with Gasteiger partial charge in [-0.05, 0) is 61.4 Å². The average molecular weight is 398 g/mol. The maximum Gasteiger partial charge on any atom is 0.247 e. The first-order valence-corrected chi connectivity index (χ1v) is 10.1. The number of halogens is 1. The maximum atomic E-state index is 12.8. The Morgan fingerprint density at radius 3 is 2.54 bits per heavy atom. The molecule has 148 valence electrons. The van der Waals surface area contributed by atoms with Gasteiger partial charge in [0.2, 0.25) is 5.91 Å². The van der Waals surface area contributed by atoms with Crippen LogP contribution < -0.4 is 10.2 Å². The number of para-hydroxylation sites is 1. The van der Waals surface area contributed by atoms with Crippen LogP contribution in [-0.4, -0.2) is 36.1 Å². The van der Waals surface area contributed by atoms with Gasteiger partial charge in [-0.1, -0.05) is 36.4 Å². The summed E-state index contributed by atoms with van der Waals surface area (Å²) in [7, 11) is 0. The normalized spacial score (nSPS) is 23.4. The van der Waals surface area contributed by atoms with Crippen LogP contribution in [0.15, 0.2) is 48.5 Å². The fraction of sp³-hybridized carbons (Fsp3) is 0.435. The minimum absolute atomic E-state index is 0. The van der Waals surface area contributed by atoms with E-state index in [2.05, 4.69) is 64.5 Å². The SMILES string of the molecule is Cc1cccc2c1CCC2N1CCC2(CC1)C(=O)NCN2c1ccccc1.Cl. The van der Waals surface area contributed by atoms with Crippen LogP contribution in [0.2, 0.25) is 0 Å². The van der Waals surface area contributed by atoms with Crippen molar-refractivity contribution in [3.05, 3.63) is 65.2 Å². The Balaban J connectivity index is 0.00000192. The number of rotatable bonds is 2. The molecule has 1 aliphatic carbocycles. The predicted octanol–water partition coefficient (Wildman–Crippen LogP) is 3.83. The smallest absolute Gasteiger partial charge is 0.247 e. The second kappa shape index (κ2) is 7.41. The van der Waals surface area contributed by atoms with Gasteiger partial charge in [0.05, 0.1) is 6.67 Å². The maximum absolute atomic E-state index is 12.8. The predicted molar refractivity (Wildman–Crippen MR) is 115 cm³/mol. The van der Waals surface area contributed by atoms with E-state index in [0.29, 0.717) is 12.7 Å². The van der Waals surface area contributed by atoms with Crippen LogP contribution in [0.1, 0.15) is 42.0 Å². The molecule has 2 aromatic rings. The molecular formula is C23H28ClN3O. The van der Waals surface area contributed by atoms with E-state index in [-0.39, 0.29) is 23.9 Å². The quantitative estimate of drug-likeness (QED) is 0.836. The molecule has 4 nitrogen and oxygen atoms in total. The van der Waals surface area contributed by atoms with E-state index in [1.165, 1.54) is 24.0 Å². The summed E-state index contributed by atoms with van der Waals surface area (Å²) < 4.78 is 0. The van der Waals surface area contributed by atoms with Gasteiger partial charge in [0.25, 0.3) is 0 Å². The summed E-state index contributed by atoms with van der Waals surface area (Å²) in [4.78, 5) is 17.7. The Kier molecular flexibility index (Phi) is 5.11. The van der Waals surface area contributed by atoms with Gasteiger partial charge in [-0.25, -0.2) is 0 Å². The van der Waals surface area contributed by atoms with Gasteiger partial charge in [-0.15, -0.1) is 12.4 Å². The number of piperidine rings is 1. The van der Waals surface area contributed by atoms with Gasteiger partial charge in [-0.2, -0.15) is 0 Å². The number of carbonyl (C=O) groups excluding carboxylic acids is 1. The van der Waals surface area contributed by atoms with Crippen molar-refractivity contribution in [3.63, 3.8) is 0 Å². The second-order valence-corrected chi connectivity index (χ2v) is 8.19. The highest BCUT2D eigenvalue weighted by Crippen LogP contribution is 2.42. The number of nitrogens with zero attached hydrogens (tertiary/aromatic N) is 2. The van der Waals surface area contributed by atoms with Crippen molar-refractivity contribution < 1.29 is 4.79 Å². The third-order valence-electron chi connectivity index (χ3n) is 6.94. The van der Waals surface area contributed by atoms with Crippen LogP contribution in [0, 0.1) is 6.92 Å². The monoisotopic (exact) mass is 397 g/mol. The minimum Gasteiger partial charge on any atom is -0.339 e. The van der Waals surface area contributed by atoms with Crippen molar-refractivity contribution in [2.45, 2.75) is 44.2 Å². The number of hydrogen-bond acceptors (Lipinski definition) is 3. The minimum atomic E-state index is -0.383. The summed E-state index contributed by atoms with van der Waals surface area (Å²) in [5.74, 6) is 0.202. The molecule has 1 amide bonds. The average Bonchev–Trinajstić information content (AvgIpc) is 3.27. The van der Waals surface area contributed by atoms with E-state index in [1.807, 2.05) is 6.07 Å². The molecule has 2 heterocycles. The number of anilines is 1. The van der Waals surface area contributed by atoms with Gasteiger partial charge in [0.1, 0.15) is 5.54 Å². The van der Waals surface area contributed by atoms with Crippen molar-refractivity contribution in [2.75, 3.05) is 24.7 Å². The third-order valence-corrected chi connectivity index (χ3v) is 6.94. The molecule has 0 aromatic heterocycles. The molecule has 0 bridgehead atoms. The van der Waals surface area contributed by atoms with Crippen LogP contribution in [0.3, 0.4) is 0 Å². The highest BCUT2D eigenvalue weighted by molar-refractivity contribution is 5.93. The number of fused-ring (bicyclic) bond motifs is 1. The Morgan fingerprint density at radius 1 is 1.04 bits per heavy atom. The van der Waals surface area contributed by atoms with Crippen LogP contribution >= 0.6 is 12.4 Å². The van der Waals surface area contributed by atoms with Crippen LogP contribution in [0.25, 0.3) is 0 Å². The third kappa shape index (κ3) is 2.90. The van der Waals surface area contributed by atoms with Crippen molar-refractivity contribution in [1.29, 1.82) is 0 Å². The lowest BCUT2D eigenvalue weighted by molar-refractivity contribution is -0.125.